The van der Waals surface area contributed by atoms with Crippen molar-refractivity contribution in [2.75, 3.05) is 11.6 Å². The van der Waals surface area contributed by atoms with E-state index in [1.165, 1.54) is 0 Å². The highest BCUT2D eigenvalue weighted by Gasteiger charge is 2.29. The van der Waals surface area contributed by atoms with Crippen LogP contribution in [0.4, 0.5) is 0 Å². The Morgan fingerprint density at radius 3 is 1.92 bits per heavy atom. The third-order valence-corrected chi connectivity index (χ3v) is 4.38. The minimum atomic E-state index is -3.15. The Labute approximate surface area is 85.9 Å². The fraction of sp³-hybridized carbons (Fsp3) is 1.00. The lowest BCUT2D eigenvalue weighted by Gasteiger charge is -2.29. The summed E-state index contributed by atoms with van der Waals surface area (Å²) < 4.78 is 25.3. The first-order valence-corrected chi connectivity index (χ1v) is 6.71. The van der Waals surface area contributed by atoms with Crippen molar-refractivity contribution in [1.82, 2.24) is 4.72 Å². The van der Waals surface area contributed by atoms with Crippen molar-refractivity contribution in [3.8, 4) is 0 Å². The van der Waals surface area contributed by atoms with E-state index in [-0.39, 0.29) is 5.75 Å². The molecular formula is C8H18ClNO2S. The maximum atomic E-state index is 11.3. The summed E-state index contributed by atoms with van der Waals surface area (Å²) in [5.41, 5.74) is -0.462. The first-order chi connectivity index (χ1) is 5.95. The van der Waals surface area contributed by atoms with Gasteiger partial charge in [-0.3, -0.25) is 0 Å². The topological polar surface area (TPSA) is 46.2 Å². The van der Waals surface area contributed by atoms with Gasteiger partial charge < -0.3 is 0 Å². The summed E-state index contributed by atoms with van der Waals surface area (Å²) in [7, 11) is -3.15. The molecule has 0 aromatic heterocycles. The van der Waals surface area contributed by atoms with Crippen molar-refractivity contribution in [3.63, 3.8) is 0 Å². The van der Waals surface area contributed by atoms with E-state index < -0.39 is 15.6 Å². The van der Waals surface area contributed by atoms with Crippen molar-refractivity contribution in [2.24, 2.45) is 0 Å². The number of sulfonamides is 1. The largest absolute Gasteiger partial charge is 0.212 e. The Morgan fingerprint density at radius 2 is 1.69 bits per heavy atom. The van der Waals surface area contributed by atoms with Crippen LogP contribution in [0.3, 0.4) is 0 Å². The number of rotatable bonds is 6. The van der Waals surface area contributed by atoms with Crippen LogP contribution in [-0.4, -0.2) is 25.6 Å². The lowest BCUT2D eigenvalue weighted by Crippen LogP contribution is -2.49. The van der Waals surface area contributed by atoms with E-state index >= 15 is 0 Å². The summed E-state index contributed by atoms with van der Waals surface area (Å²) in [4.78, 5) is 0. The van der Waals surface area contributed by atoms with Gasteiger partial charge >= 0.3 is 0 Å². The van der Waals surface area contributed by atoms with Crippen LogP contribution in [0.5, 0.6) is 0 Å². The molecule has 0 atom stereocenters. The molecule has 0 aromatic rings. The Bertz CT molecular complexity index is 226. The van der Waals surface area contributed by atoms with Crippen LogP contribution in [0.15, 0.2) is 0 Å². The summed E-state index contributed by atoms with van der Waals surface area (Å²) in [5, 5.41) is 0. The molecule has 0 spiro atoms. The average molecular weight is 228 g/mol. The Kier molecular flexibility index (Phi) is 5.25. The predicted molar refractivity (Wildman–Crippen MR) is 56.6 cm³/mol. The van der Waals surface area contributed by atoms with Crippen LogP contribution in [0.25, 0.3) is 0 Å². The smallest absolute Gasteiger partial charge is 0.211 e. The fourth-order valence-corrected chi connectivity index (χ4v) is 2.70. The lowest BCUT2D eigenvalue weighted by atomic mass is 9.97. The van der Waals surface area contributed by atoms with Gasteiger partial charge in [0.2, 0.25) is 10.0 Å². The third kappa shape index (κ3) is 3.83. The molecule has 0 amide bonds. The monoisotopic (exact) mass is 227 g/mol. The second kappa shape index (κ2) is 5.17. The molecule has 0 aliphatic rings. The van der Waals surface area contributed by atoms with Gasteiger partial charge in [-0.2, -0.15) is 0 Å². The van der Waals surface area contributed by atoms with E-state index in [1.54, 1.807) is 6.92 Å². The van der Waals surface area contributed by atoms with Gasteiger partial charge in [0.15, 0.2) is 0 Å². The van der Waals surface area contributed by atoms with E-state index in [0.29, 0.717) is 18.7 Å². The molecule has 0 heterocycles. The molecule has 0 aromatic carbocycles. The van der Waals surface area contributed by atoms with Crippen molar-refractivity contribution >= 4 is 21.6 Å². The fourth-order valence-electron chi connectivity index (χ4n) is 1.01. The van der Waals surface area contributed by atoms with Crippen LogP contribution >= 0.6 is 11.6 Å². The molecule has 0 unspecified atom stereocenters. The summed E-state index contributed by atoms with van der Waals surface area (Å²) in [6.07, 6.45) is 1.43. The van der Waals surface area contributed by atoms with Crippen molar-refractivity contribution in [3.05, 3.63) is 0 Å². The van der Waals surface area contributed by atoms with E-state index in [0.717, 1.165) is 0 Å². The van der Waals surface area contributed by atoms with Crippen molar-refractivity contribution < 1.29 is 8.42 Å². The molecule has 0 saturated carbocycles. The van der Waals surface area contributed by atoms with Gasteiger partial charge in [-0.15, -0.1) is 11.6 Å². The van der Waals surface area contributed by atoms with E-state index in [1.807, 2.05) is 13.8 Å². The molecule has 0 bridgehead atoms. The summed E-state index contributed by atoms with van der Waals surface area (Å²) in [6.45, 7) is 5.49. The van der Waals surface area contributed by atoms with Crippen molar-refractivity contribution in [2.45, 2.75) is 39.2 Å². The molecule has 0 aliphatic heterocycles. The Balaban J connectivity index is 4.61. The number of alkyl halides is 1. The van der Waals surface area contributed by atoms with Gasteiger partial charge in [0, 0.05) is 11.4 Å². The Hall–Kier alpha value is 0.200. The first-order valence-electron chi connectivity index (χ1n) is 4.53. The second-order valence-corrected chi connectivity index (χ2v) is 5.40. The highest BCUT2D eigenvalue weighted by Crippen LogP contribution is 2.18. The molecule has 13 heavy (non-hydrogen) atoms. The molecule has 0 saturated heterocycles. The molecule has 0 rings (SSSR count). The number of hydrogen-bond acceptors (Lipinski definition) is 2. The third-order valence-electron chi connectivity index (χ3n) is 2.36. The number of nitrogens with one attached hydrogen (secondary N) is 1. The minimum Gasteiger partial charge on any atom is -0.212 e. The van der Waals surface area contributed by atoms with Crippen LogP contribution in [0.1, 0.15) is 33.6 Å². The first kappa shape index (κ1) is 13.2. The molecule has 0 radical (unpaired) electrons. The summed E-state index contributed by atoms with van der Waals surface area (Å²) in [6, 6.07) is 0. The molecule has 0 aliphatic carbocycles. The zero-order chi connectivity index (χ0) is 10.5. The molecule has 0 fully saturated rings. The quantitative estimate of drug-likeness (QED) is 0.703. The SMILES string of the molecule is CCC(CC)(CCl)NS(=O)(=O)CC. The van der Waals surface area contributed by atoms with Crippen LogP contribution in [0, 0.1) is 0 Å². The van der Waals surface area contributed by atoms with Gasteiger partial charge in [-0.25, -0.2) is 13.1 Å². The molecule has 5 heteroatoms. The molecule has 3 nitrogen and oxygen atoms in total. The predicted octanol–water partition coefficient (Wildman–Crippen LogP) is 1.72. The van der Waals surface area contributed by atoms with Gasteiger partial charge in [-0.1, -0.05) is 13.8 Å². The normalized spacial score (nSPS) is 13.2. The average Bonchev–Trinajstić information content (AvgIpc) is 2.14. The van der Waals surface area contributed by atoms with Gasteiger partial charge in [0.05, 0.1) is 5.75 Å². The molecule has 1 N–H and O–H groups in total. The van der Waals surface area contributed by atoms with E-state index in [9.17, 15) is 8.42 Å². The molecular weight excluding hydrogens is 210 g/mol. The number of hydrogen-bond donors (Lipinski definition) is 1. The Morgan fingerprint density at radius 1 is 1.23 bits per heavy atom. The van der Waals surface area contributed by atoms with Crippen LogP contribution in [0.2, 0.25) is 0 Å². The highest BCUT2D eigenvalue weighted by molar-refractivity contribution is 7.89. The molecule has 80 valence electrons. The van der Waals surface area contributed by atoms with Crippen molar-refractivity contribution in [1.29, 1.82) is 0 Å². The maximum Gasteiger partial charge on any atom is 0.211 e. The van der Waals surface area contributed by atoms with Gasteiger partial charge in [-0.05, 0) is 19.8 Å². The summed E-state index contributed by atoms with van der Waals surface area (Å²) in [5.74, 6) is 0.421. The second-order valence-electron chi connectivity index (χ2n) is 3.13. The van der Waals surface area contributed by atoms with Crippen LogP contribution < -0.4 is 4.72 Å². The summed E-state index contributed by atoms with van der Waals surface area (Å²) >= 11 is 5.76. The van der Waals surface area contributed by atoms with Crippen LogP contribution in [-0.2, 0) is 10.0 Å². The van der Waals surface area contributed by atoms with E-state index in [4.69, 9.17) is 11.6 Å². The standard InChI is InChI=1S/C8H18ClNO2S/c1-4-8(5-2,7-9)10-13(11,12)6-3/h10H,4-7H2,1-3H3. The maximum absolute atomic E-state index is 11.3. The lowest BCUT2D eigenvalue weighted by molar-refractivity contribution is 0.394. The zero-order valence-corrected chi connectivity index (χ0v) is 10.0. The van der Waals surface area contributed by atoms with E-state index in [2.05, 4.69) is 4.72 Å². The minimum absolute atomic E-state index is 0.103. The van der Waals surface area contributed by atoms with Gasteiger partial charge in [0.25, 0.3) is 0 Å². The highest BCUT2D eigenvalue weighted by atomic mass is 35.5. The van der Waals surface area contributed by atoms with Gasteiger partial charge in [0.1, 0.15) is 0 Å². The number of halogens is 1. The zero-order valence-electron chi connectivity index (χ0n) is 8.43.